The summed E-state index contributed by atoms with van der Waals surface area (Å²) in [4.78, 5) is 21.8. The molecule has 0 saturated carbocycles. The van der Waals surface area contributed by atoms with Crippen LogP contribution in [0.25, 0.3) is 11.2 Å². The van der Waals surface area contributed by atoms with Crippen molar-refractivity contribution in [2.75, 3.05) is 18.9 Å². The number of aliphatic hydroxyl groups is 6. The minimum atomic E-state index is -1.29. The largest absolute Gasteiger partial charge is 0.394 e. The number of nitrogen functional groups attached to an aromatic ring is 1. The Hall–Kier alpha value is -2.17. The van der Waals surface area contributed by atoms with Gasteiger partial charge >= 0.3 is 0 Å². The molecule has 2 unspecified atom stereocenters. The number of aromatic amines is 1. The average Bonchev–Trinajstić information content (AvgIpc) is 3.34. The van der Waals surface area contributed by atoms with Crippen molar-refractivity contribution >= 4 is 17.1 Å². The monoisotopic (exact) mass is 416 g/mol. The second-order valence-corrected chi connectivity index (χ2v) is 6.48. The third kappa shape index (κ3) is 4.10. The first kappa shape index (κ1) is 21.5. The van der Waals surface area contributed by atoms with Crippen LogP contribution in [-0.4, -0.2) is 100.0 Å². The van der Waals surface area contributed by atoms with Gasteiger partial charge in [0.2, 0.25) is 5.95 Å². The second kappa shape index (κ2) is 8.68. The average molecular weight is 416 g/mol. The molecule has 29 heavy (non-hydrogen) atoms. The number of nitrogens with zero attached hydrogens (tertiary/aromatic N) is 3. The molecule has 2 aliphatic rings. The molecule has 2 fully saturated rings. The molecule has 0 amide bonds. The minimum Gasteiger partial charge on any atom is -0.394 e. The van der Waals surface area contributed by atoms with E-state index < -0.39 is 55.0 Å². The van der Waals surface area contributed by atoms with Crippen LogP contribution in [0.5, 0.6) is 0 Å². The highest BCUT2D eigenvalue weighted by atomic mass is 16.6. The smallest absolute Gasteiger partial charge is 0.280 e. The summed E-state index contributed by atoms with van der Waals surface area (Å²) in [5.41, 5.74) is 5.12. The molecule has 9 N–H and O–H groups in total. The Morgan fingerprint density at radius 1 is 1.10 bits per heavy atom. The van der Waals surface area contributed by atoms with Gasteiger partial charge in [0, 0.05) is 0 Å². The number of H-pyrrole nitrogens is 1. The molecule has 0 aliphatic carbocycles. The van der Waals surface area contributed by atoms with Crippen LogP contribution in [0.15, 0.2) is 11.1 Å². The van der Waals surface area contributed by atoms with E-state index in [-0.39, 0.29) is 23.7 Å². The zero-order valence-electron chi connectivity index (χ0n) is 14.9. The van der Waals surface area contributed by atoms with E-state index in [2.05, 4.69) is 19.7 Å². The van der Waals surface area contributed by atoms with Gasteiger partial charge < -0.3 is 45.8 Å². The number of nitrogens with one attached hydrogen (secondary N) is 1. The van der Waals surface area contributed by atoms with E-state index in [9.17, 15) is 15.0 Å². The Kier molecular flexibility index (Phi) is 6.45. The number of nitrogens with two attached hydrogens (primary N) is 1. The third-order valence-corrected chi connectivity index (χ3v) is 4.55. The first-order valence-electron chi connectivity index (χ1n) is 8.59. The van der Waals surface area contributed by atoms with E-state index in [4.69, 9.17) is 30.9 Å². The summed E-state index contributed by atoms with van der Waals surface area (Å²) in [6, 6.07) is 0. The lowest BCUT2D eigenvalue weighted by atomic mass is 10.1. The molecule has 0 aromatic carbocycles. The maximum absolute atomic E-state index is 11.7. The third-order valence-electron chi connectivity index (χ3n) is 4.55. The maximum atomic E-state index is 11.7. The number of fused-ring (bicyclic) bond motifs is 1. The molecular formula is C15H22N5O9. The van der Waals surface area contributed by atoms with E-state index in [0.717, 1.165) is 6.61 Å². The summed E-state index contributed by atoms with van der Waals surface area (Å²) >= 11 is 0. The molecule has 2 aromatic heterocycles. The Morgan fingerprint density at radius 3 is 2.31 bits per heavy atom. The van der Waals surface area contributed by atoms with Gasteiger partial charge in [0.05, 0.1) is 19.5 Å². The highest BCUT2D eigenvalue weighted by molar-refractivity contribution is 5.70. The summed E-state index contributed by atoms with van der Waals surface area (Å²) in [6.07, 6.45) is -5.80. The SMILES string of the molecule is Nc1nc2c(ncn2[C@@H]2O[C@H](CO)C(O)C2O)c(=O)[nH]1.OC[C@H]1O[CH][C@@H](O)[C@@H]1O. The Balaban J connectivity index is 0.000000224. The molecule has 4 rings (SSSR count). The Labute approximate surface area is 162 Å². The van der Waals surface area contributed by atoms with Gasteiger partial charge in [0.25, 0.3) is 5.56 Å². The van der Waals surface area contributed by atoms with Gasteiger partial charge in [-0.05, 0) is 0 Å². The van der Waals surface area contributed by atoms with Crippen molar-refractivity contribution in [3.8, 4) is 0 Å². The van der Waals surface area contributed by atoms with Crippen LogP contribution in [0, 0.1) is 6.61 Å². The fraction of sp³-hybridized carbons (Fsp3) is 0.600. The number of rotatable bonds is 3. The lowest BCUT2D eigenvalue weighted by Gasteiger charge is -2.16. The van der Waals surface area contributed by atoms with Crippen LogP contribution >= 0.6 is 0 Å². The molecule has 7 atom stereocenters. The van der Waals surface area contributed by atoms with E-state index in [1.165, 1.54) is 10.9 Å². The lowest BCUT2D eigenvalue weighted by molar-refractivity contribution is -0.0511. The van der Waals surface area contributed by atoms with Crippen molar-refractivity contribution in [2.45, 2.75) is 42.9 Å². The van der Waals surface area contributed by atoms with Crippen molar-refractivity contribution in [1.29, 1.82) is 0 Å². The quantitative estimate of drug-likeness (QED) is 0.237. The molecule has 14 heteroatoms. The van der Waals surface area contributed by atoms with Gasteiger partial charge in [-0.1, -0.05) is 0 Å². The fourth-order valence-corrected chi connectivity index (χ4v) is 2.95. The molecule has 2 aliphatic heterocycles. The van der Waals surface area contributed by atoms with Gasteiger partial charge in [0.15, 0.2) is 17.4 Å². The van der Waals surface area contributed by atoms with Crippen LogP contribution < -0.4 is 11.3 Å². The summed E-state index contributed by atoms with van der Waals surface area (Å²) in [5, 5.41) is 54.8. The van der Waals surface area contributed by atoms with Crippen molar-refractivity contribution in [2.24, 2.45) is 0 Å². The molecule has 2 aromatic rings. The number of ether oxygens (including phenoxy) is 2. The minimum absolute atomic E-state index is 0.0388. The molecule has 2 saturated heterocycles. The van der Waals surface area contributed by atoms with Gasteiger partial charge in [-0.2, -0.15) is 4.98 Å². The highest BCUT2D eigenvalue weighted by Crippen LogP contribution is 2.30. The van der Waals surface area contributed by atoms with E-state index in [1.807, 2.05) is 0 Å². The Bertz CT molecular complexity index is 889. The summed E-state index contributed by atoms with van der Waals surface area (Å²) in [5.74, 6) is -0.101. The number of aromatic nitrogens is 4. The van der Waals surface area contributed by atoms with E-state index in [0.29, 0.717) is 0 Å². The lowest BCUT2D eigenvalue weighted by Crippen LogP contribution is -2.33. The van der Waals surface area contributed by atoms with Gasteiger partial charge in [0.1, 0.15) is 43.2 Å². The number of aliphatic hydroxyl groups excluding tert-OH is 6. The zero-order valence-corrected chi connectivity index (χ0v) is 14.9. The number of hydrogen-bond donors (Lipinski definition) is 8. The molecule has 0 spiro atoms. The predicted octanol–water partition coefficient (Wildman–Crippen LogP) is -4.43. The summed E-state index contributed by atoms with van der Waals surface area (Å²) < 4.78 is 11.3. The molecule has 0 bridgehead atoms. The van der Waals surface area contributed by atoms with Crippen LogP contribution in [-0.2, 0) is 9.47 Å². The Morgan fingerprint density at radius 2 is 1.79 bits per heavy atom. The first-order valence-corrected chi connectivity index (χ1v) is 8.59. The zero-order chi connectivity index (χ0) is 21.3. The van der Waals surface area contributed by atoms with Crippen molar-refractivity contribution < 1.29 is 40.1 Å². The normalized spacial score (nSPS) is 34.3. The number of imidazole rings is 1. The van der Waals surface area contributed by atoms with Crippen molar-refractivity contribution in [1.82, 2.24) is 19.5 Å². The highest BCUT2D eigenvalue weighted by Gasteiger charge is 2.44. The summed E-state index contributed by atoms with van der Waals surface area (Å²) in [7, 11) is 0. The van der Waals surface area contributed by atoms with Gasteiger partial charge in [-0.15, -0.1) is 0 Å². The van der Waals surface area contributed by atoms with E-state index >= 15 is 0 Å². The second-order valence-electron chi connectivity index (χ2n) is 6.48. The summed E-state index contributed by atoms with van der Waals surface area (Å²) in [6.45, 7) is 0.401. The van der Waals surface area contributed by atoms with Crippen LogP contribution in [0.4, 0.5) is 5.95 Å². The maximum Gasteiger partial charge on any atom is 0.280 e. The number of anilines is 1. The van der Waals surface area contributed by atoms with Gasteiger partial charge in [-0.25, -0.2) is 4.98 Å². The van der Waals surface area contributed by atoms with E-state index in [1.54, 1.807) is 0 Å². The topological polar surface area (TPSA) is 229 Å². The first-order chi connectivity index (χ1) is 13.8. The molecular weight excluding hydrogens is 394 g/mol. The van der Waals surface area contributed by atoms with Gasteiger partial charge in [-0.3, -0.25) is 14.3 Å². The molecule has 4 heterocycles. The van der Waals surface area contributed by atoms with Crippen LogP contribution in [0.2, 0.25) is 0 Å². The standard InChI is InChI=1S/C10H13N5O5.C5H9O4/c11-10-13-7-4(8(19)14-10)12-2-15(7)9-6(18)5(17)3(1-16)20-9;6-1-4-5(8)3(7)2-9-4/h2-3,5-6,9,16-18H,1H2,(H3,11,13,14,19);2-8H,1H2/t3-,5?,6?,9-;3-,4-,5+/m11/s1. The van der Waals surface area contributed by atoms with Crippen LogP contribution in [0.3, 0.4) is 0 Å². The molecule has 1 radical (unpaired) electrons. The molecule has 14 nitrogen and oxygen atoms in total. The predicted molar refractivity (Wildman–Crippen MR) is 93.8 cm³/mol. The van der Waals surface area contributed by atoms with Crippen LogP contribution in [0.1, 0.15) is 6.23 Å². The van der Waals surface area contributed by atoms with Crippen molar-refractivity contribution in [3.05, 3.63) is 23.3 Å². The fourth-order valence-electron chi connectivity index (χ4n) is 2.95. The van der Waals surface area contributed by atoms with Crippen molar-refractivity contribution in [3.63, 3.8) is 0 Å². The number of hydrogen-bond acceptors (Lipinski definition) is 12. The molecule has 161 valence electrons.